The maximum absolute atomic E-state index is 11.7. The molecule has 1 amide bonds. The van der Waals surface area contributed by atoms with Crippen molar-refractivity contribution in [2.24, 2.45) is 5.92 Å². The number of nitrogens with one attached hydrogen (secondary N) is 1. The Morgan fingerprint density at radius 3 is 2.38 bits per heavy atom. The molecule has 6 nitrogen and oxygen atoms in total. The van der Waals surface area contributed by atoms with E-state index in [2.05, 4.69) is 5.32 Å². The third kappa shape index (κ3) is 5.64. The summed E-state index contributed by atoms with van der Waals surface area (Å²) >= 11 is 0. The molecule has 2 N–H and O–H groups in total. The molecule has 0 bridgehead atoms. The van der Waals surface area contributed by atoms with Gasteiger partial charge in [0.25, 0.3) is 0 Å². The van der Waals surface area contributed by atoms with Crippen LogP contribution in [-0.2, 0) is 14.3 Å². The number of carboxylic acid groups (broad SMARTS) is 1. The highest BCUT2D eigenvalue weighted by atomic mass is 16.5. The average molecular weight is 293 g/mol. The summed E-state index contributed by atoms with van der Waals surface area (Å²) in [5.41, 5.74) is 0.963. The Hall–Kier alpha value is -2.37. The van der Waals surface area contributed by atoms with Gasteiger partial charge < -0.3 is 15.2 Å². The molecule has 0 fully saturated rings. The number of esters is 1. The fourth-order valence-corrected chi connectivity index (χ4v) is 1.60. The molecule has 1 unspecified atom stereocenters. The van der Waals surface area contributed by atoms with Crippen molar-refractivity contribution in [3.8, 4) is 0 Å². The zero-order chi connectivity index (χ0) is 15.8. The molecule has 1 aromatic rings. The lowest BCUT2D eigenvalue weighted by Crippen LogP contribution is -2.16. The smallest absolute Gasteiger partial charge is 0.338 e. The van der Waals surface area contributed by atoms with E-state index in [9.17, 15) is 14.4 Å². The molecule has 0 aliphatic carbocycles. The molecule has 1 aromatic carbocycles. The molecule has 0 aliphatic heterocycles. The van der Waals surface area contributed by atoms with Gasteiger partial charge in [-0.25, -0.2) is 4.79 Å². The molecule has 1 atom stereocenters. The Morgan fingerprint density at radius 2 is 1.86 bits per heavy atom. The summed E-state index contributed by atoms with van der Waals surface area (Å²) < 4.78 is 4.85. The SMILES string of the molecule is CCOC(=O)c1ccc(NC(=O)CCC(C)C(=O)O)cc1. The van der Waals surface area contributed by atoms with E-state index in [0.29, 0.717) is 17.9 Å². The number of carbonyl (C=O) groups excluding carboxylic acids is 2. The number of rotatable bonds is 7. The number of ether oxygens (including phenoxy) is 1. The minimum absolute atomic E-state index is 0.132. The number of benzene rings is 1. The van der Waals surface area contributed by atoms with Crippen LogP contribution in [0.1, 0.15) is 37.0 Å². The van der Waals surface area contributed by atoms with E-state index < -0.39 is 17.9 Å². The van der Waals surface area contributed by atoms with Gasteiger partial charge in [-0.3, -0.25) is 9.59 Å². The molecular formula is C15H19NO5. The molecule has 0 saturated heterocycles. The summed E-state index contributed by atoms with van der Waals surface area (Å²) in [6.07, 6.45) is 0.412. The second-order valence-corrected chi connectivity index (χ2v) is 4.62. The number of anilines is 1. The van der Waals surface area contributed by atoms with Crippen LogP contribution in [0.4, 0.5) is 5.69 Å². The summed E-state index contributed by atoms with van der Waals surface area (Å²) in [5.74, 6) is -2.14. The summed E-state index contributed by atoms with van der Waals surface area (Å²) in [7, 11) is 0. The highest BCUT2D eigenvalue weighted by Gasteiger charge is 2.13. The second-order valence-electron chi connectivity index (χ2n) is 4.62. The molecule has 0 heterocycles. The molecule has 0 radical (unpaired) electrons. The van der Waals surface area contributed by atoms with Gasteiger partial charge in [-0.2, -0.15) is 0 Å². The van der Waals surface area contributed by atoms with Crippen LogP contribution in [-0.4, -0.2) is 29.6 Å². The van der Waals surface area contributed by atoms with Crippen molar-refractivity contribution >= 4 is 23.5 Å². The fraction of sp³-hybridized carbons (Fsp3) is 0.400. The first-order valence-corrected chi connectivity index (χ1v) is 6.74. The van der Waals surface area contributed by atoms with Gasteiger partial charge in [-0.1, -0.05) is 6.92 Å². The van der Waals surface area contributed by atoms with E-state index in [1.54, 1.807) is 38.1 Å². The van der Waals surface area contributed by atoms with E-state index in [-0.39, 0.29) is 18.7 Å². The van der Waals surface area contributed by atoms with Crippen LogP contribution in [0.2, 0.25) is 0 Å². The number of aliphatic carboxylic acids is 1. The van der Waals surface area contributed by atoms with E-state index in [1.807, 2.05) is 0 Å². The van der Waals surface area contributed by atoms with Gasteiger partial charge in [0.05, 0.1) is 18.1 Å². The third-order valence-electron chi connectivity index (χ3n) is 2.91. The zero-order valence-electron chi connectivity index (χ0n) is 12.1. The minimum atomic E-state index is -0.915. The predicted octanol–water partition coefficient (Wildman–Crippen LogP) is 2.30. The summed E-state index contributed by atoms with van der Waals surface area (Å²) in [6, 6.07) is 6.33. The lowest BCUT2D eigenvalue weighted by molar-refractivity contribution is -0.141. The third-order valence-corrected chi connectivity index (χ3v) is 2.91. The van der Waals surface area contributed by atoms with Crippen molar-refractivity contribution < 1.29 is 24.2 Å². The molecule has 0 spiro atoms. The molecule has 0 aromatic heterocycles. The summed E-state index contributed by atoms with van der Waals surface area (Å²) in [5, 5.41) is 11.4. The first-order chi connectivity index (χ1) is 9.93. The van der Waals surface area contributed by atoms with Crippen molar-refractivity contribution in [2.45, 2.75) is 26.7 Å². The fourth-order valence-electron chi connectivity index (χ4n) is 1.60. The minimum Gasteiger partial charge on any atom is -0.481 e. The van der Waals surface area contributed by atoms with Gasteiger partial charge in [0.2, 0.25) is 5.91 Å². The normalized spacial score (nSPS) is 11.5. The Kier molecular flexibility index (Phi) is 6.39. The van der Waals surface area contributed by atoms with E-state index in [1.165, 1.54) is 0 Å². The summed E-state index contributed by atoms with van der Waals surface area (Å²) in [6.45, 7) is 3.59. The van der Waals surface area contributed by atoms with Crippen molar-refractivity contribution in [3.63, 3.8) is 0 Å². The second kappa shape index (κ2) is 8.04. The molecule has 1 rings (SSSR count). The Balaban J connectivity index is 2.50. The quantitative estimate of drug-likeness (QED) is 0.752. The van der Waals surface area contributed by atoms with Crippen LogP contribution in [0.15, 0.2) is 24.3 Å². The standard InChI is InChI=1S/C15H19NO5/c1-3-21-15(20)11-5-7-12(8-6-11)16-13(17)9-4-10(2)14(18)19/h5-8,10H,3-4,9H2,1-2H3,(H,16,17)(H,18,19). The van der Waals surface area contributed by atoms with Crippen molar-refractivity contribution in [2.75, 3.05) is 11.9 Å². The lowest BCUT2D eigenvalue weighted by atomic mass is 10.1. The topological polar surface area (TPSA) is 92.7 Å². The first-order valence-electron chi connectivity index (χ1n) is 6.74. The molecular weight excluding hydrogens is 274 g/mol. The number of amides is 1. The van der Waals surface area contributed by atoms with Gasteiger partial charge in [0.15, 0.2) is 0 Å². The van der Waals surface area contributed by atoms with E-state index >= 15 is 0 Å². The van der Waals surface area contributed by atoms with Crippen molar-refractivity contribution in [3.05, 3.63) is 29.8 Å². The Labute approximate surface area is 123 Å². The first kappa shape index (κ1) is 16.7. The molecule has 114 valence electrons. The van der Waals surface area contributed by atoms with Gasteiger partial charge in [0.1, 0.15) is 0 Å². The van der Waals surface area contributed by atoms with Crippen LogP contribution in [0.5, 0.6) is 0 Å². The highest BCUT2D eigenvalue weighted by Crippen LogP contribution is 2.12. The molecule has 0 saturated carbocycles. The van der Waals surface area contributed by atoms with Crippen LogP contribution in [0, 0.1) is 5.92 Å². The maximum atomic E-state index is 11.7. The average Bonchev–Trinajstić information content (AvgIpc) is 2.45. The zero-order valence-corrected chi connectivity index (χ0v) is 12.1. The van der Waals surface area contributed by atoms with Gasteiger partial charge >= 0.3 is 11.9 Å². The van der Waals surface area contributed by atoms with Crippen LogP contribution in [0.3, 0.4) is 0 Å². The van der Waals surface area contributed by atoms with Crippen LogP contribution >= 0.6 is 0 Å². The number of carbonyl (C=O) groups is 3. The molecule has 21 heavy (non-hydrogen) atoms. The number of hydrogen-bond donors (Lipinski definition) is 2. The van der Waals surface area contributed by atoms with Gasteiger partial charge in [-0.15, -0.1) is 0 Å². The number of carboxylic acids is 1. The lowest BCUT2D eigenvalue weighted by Gasteiger charge is -2.08. The van der Waals surface area contributed by atoms with E-state index in [4.69, 9.17) is 9.84 Å². The Bertz CT molecular complexity index is 509. The largest absolute Gasteiger partial charge is 0.481 e. The van der Waals surface area contributed by atoms with Gasteiger partial charge in [-0.05, 0) is 37.6 Å². The van der Waals surface area contributed by atoms with Crippen molar-refractivity contribution in [1.82, 2.24) is 0 Å². The van der Waals surface area contributed by atoms with E-state index in [0.717, 1.165) is 0 Å². The monoisotopic (exact) mass is 293 g/mol. The summed E-state index contributed by atoms with van der Waals surface area (Å²) in [4.78, 5) is 33.8. The Morgan fingerprint density at radius 1 is 1.24 bits per heavy atom. The van der Waals surface area contributed by atoms with Gasteiger partial charge in [0, 0.05) is 12.1 Å². The van der Waals surface area contributed by atoms with Crippen LogP contribution < -0.4 is 5.32 Å². The predicted molar refractivity (Wildman–Crippen MR) is 77.1 cm³/mol. The molecule has 0 aliphatic rings. The van der Waals surface area contributed by atoms with Crippen molar-refractivity contribution in [1.29, 1.82) is 0 Å². The number of hydrogen-bond acceptors (Lipinski definition) is 4. The highest BCUT2D eigenvalue weighted by molar-refractivity contribution is 5.93. The van der Waals surface area contributed by atoms with Crippen LogP contribution in [0.25, 0.3) is 0 Å². The molecule has 6 heteroatoms. The maximum Gasteiger partial charge on any atom is 0.338 e.